The zero-order chi connectivity index (χ0) is 12.3. The summed E-state index contributed by atoms with van der Waals surface area (Å²) in [7, 11) is 0. The largest absolute Gasteiger partial charge is 0.481 e. The zero-order valence-corrected chi connectivity index (χ0v) is 10.7. The quantitative estimate of drug-likeness (QED) is 0.817. The standard InChI is InChI=1S/C13H23NO3/c1-2-13(12(15)16)6-7-14(10-13)11-4-3-8-17-9-5-11/h11H,2-10H2,1H3,(H,15,16). The Kier molecular flexibility index (Phi) is 4.05. The maximum Gasteiger partial charge on any atom is 0.310 e. The van der Waals surface area contributed by atoms with Crippen LogP contribution in [0.2, 0.25) is 0 Å². The summed E-state index contributed by atoms with van der Waals surface area (Å²) in [5.41, 5.74) is -0.493. The predicted octanol–water partition coefficient (Wildman–Crippen LogP) is 1.74. The van der Waals surface area contributed by atoms with Crippen molar-refractivity contribution in [3.8, 4) is 0 Å². The third-order valence-electron chi connectivity index (χ3n) is 4.45. The lowest BCUT2D eigenvalue weighted by atomic mass is 9.84. The molecule has 2 aliphatic heterocycles. The van der Waals surface area contributed by atoms with E-state index in [9.17, 15) is 9.90 Å². The summed E-state index contributed by atoms with van der Waals surface area (Å²) in [5, 5.41) is 9.38. The van der Waals surface area contributed by atoms with Gasteiger partial charge in [-0.25, -0.2) is 0 Å². The SMILES string of the molecule is CCC1(C(=O)O)CCN(C2CCCOCC2)C1. The molecule has 1 N–H and O–H groups in total. The average molecular weight is 241 g/mol. The van der Waals surface area contributed by atoms with Crippen LogP contribution in [-0.2, 0) is 9.53 Å². The van der Waals surface area contributed by atoms with Crippen LogP contribution >= 0.6 is 0 Å². The zero-order valence-electron chi connectivity index (χ0n) is 10.7. The van der Waals surface area contributed by atoms with E-state index in [2.05, 4.69) is 4.90 Å². The molecule has 2 rings (SSSR count). The van der Waals surface area contributed by atoms with Crippen LogP contribution in [-0.4, -0.2) is 48.3 Å². The molecule has 98 valence electrons. The third kappa shape index (κ3) is 2.63. The van der Waals surface area contributed by atoms with E-state index in [4.69, 9.17) is 4.74 Å². The summed E-state index contributed by atoms with van der Waals surface area (Å²) in [4.78, 5) is 13.8. The lowest BCUT2D eigenvalue weighted by Crippen LogP contribution is -2.38. The lowest BCUT2D eigenvalue weighted by molar-refractivity contribution is -0.148. The topological polar surface area (TPSA) is 49.8 Å². The van der Waals surface area contributed by atoms with E-state index in [0.29, 0.717) is 6.04 Å². The molecular formula is C13H23NO3. The number of likely N-dealkylation sites (tertiary alicyclic amines) is 1. The van der Waals surface area contributed by atoms with Gasteiger partial charge >= 0.3 is 5.97 Å². The molecular weight excluding hydrogens is 218 g/mol. The van der Waals surface area contributed by atoms with Crippen LogP contribution in [0.1, 0.15) is 39.0 Å². The number of hydrogen-bond acceptors (Lipinski definition) is 3. The molecule has 0 amide bonds. The molecule has 0 aromatic carbocycles. The number of ether oxygens (including phenoxy) is 1. The minimum absolute atomic E-state index is 0.493. The van der Waals surface area contributed by atoms with Crippen LogP contribution in [0.5, 0.6) is 0 Å². The highest BCUT2D eigenvalue weighted by molar-refractivity contribution is 5.75. The summed E-state index contributed by atoms with van der Waals surface area (Å²) in [6.07, 6.45) is 4.85. The molecule has 0 radical (unpaired) electrons. The Hall–Kier alpha value is -0.610. The summed E-state index contributed by atoms with van der Waals surface area (Å²) in [6, 6.07) is 0.533. The number of carbonyl (C=O) groups is 1. The Morgan fingerprint density at radius 1 is 1.47 bits per heavy atom. The van der Waals surface area contributed by atoms with Crippen molar-refractivity contribution >= 4 is 5.97 Å². The maximum absolute atomic E-state index is 11.4. The van der Waals surface area contributed by atoms with Gasteiger partial charge in [-0.15, -0.1) is 0 Å². The maximum atomic E-state index is 11.4. The summed E-state index contributed by atoms with van der Waals surface area (Å²) in [5.74, 6) is -0.618. The first-order valence-corrected chi connectivity index (χ1v) is 6.73. The highest BCUT2D eigenvalue weighted by atomic mass is 16.5. The molecule has 0 aromatic heterocycles. The molecule has 0 aliphatic carbocycles. The number of hydrogen-bond donors (Lipinski definition) is 1. The summed E-state index contributed by atoms with van der Waals surface area (Å²) in [6.45, 7) is 5.34. The molecule has 0 spiro atoms. The molecule has 2 aliphatic rings. The van der Waals surface area contributed by atoms with Crippen molar-refractivity contribution in [1.29, 1.82) is 0 Å². The summed E-state index contributed by atoms with van der Waals surface area (Å²) < 4.78 is 5.47. The molecule has 0 bridgehead atoms. The van der Waals surface area contributed by atoms with Gasteiger partial charge in [-0.2, -0.15) is 0 Å². The highest BCUT2D eigenvalue weighted by Gasteiger charge is 2.44. The molecule has 0 aromatic rings. The molecule has 2 unspecified atom stereocenters. The van der Waals surface area contributed by atoms with Crippen LogP contribution in [0, 0.1) is 5.41 Å². The van der Waals surface area contributed by atoms with E-state index >= 15 is 0 Å². The van der Waals surface area contributed by atoms with Gasteiger partial charge in [-0.05, 0) is 38.6 Å². The third-order valence-corrected chi connectivity index (χ3v) is 4.45. The molecule has 2 atom stereocenters. The second-order valence-corrected chi connectivity index (χ2v) is 5.36. The van der Waals surface area contributed by atoms with Gasteiger partial charge in [-0.1, -0.05) is 6.92 Å². The Labute approximate surface area is 103 Å². The number of aliphatic carboxylic acids is 1. The molecule has 0 saturated carbocycles. The Bertz CT molecular complexity index is 274. The highest BCUT2D eigenvalue weighted by Crippen LogP contribution is 2.36. The van der Waals surface area contributed by atoms with Gasteiger partial charge in [0.05, 0.1) is 5.41 Å². The van der Waals surface area contributed by atoms with E-state index in [1.807, 2.05) is 6.92 Å². The van der Waals surface area contributed by atoms with Crippen molar-refractivity contribution in [2.75, 3.05) is 26.3 Å². The fourth-order valence-corrected chi connectivity index (χ4v) is 3.08. The van der Waals surface area contributed by atoms with Gasteiger partial charge in [0.1, 0.15) is 0 Å². The predicted molar refractivity (Wildman–Crippen MR) is 65.0 cm³/mol. The van der Waals surface area contributed by atoms with Gasteiger partial charge in [0.2, 0.25) is 0 Å². The van der Waals surface area contributed by atoms with Crippen molar-refractivity contribution in [3.63, 3.8) is 0 Å². The summed E-state index contributed by atoms with van der Waals surface area (Å²) >= 11 is 0. The minimum atomic E-state index is -0.618. The Morgan fingerprint density at radius 2 is 2.29 bits per heavy atom. The van der Waals surface area contributed by atoms with Crippen LogP contribution in [0.15, 0.2) is 0 Å². The fraction of sp³-hybridized carbons (Fsp3) is 0.923. The van der Waals surface area contributed by atoms with Crippen molar-refractivity contribution in [1.82, 2.24) is 4.90 Å². The molecule has 17 heavy (non-hydrogen) atoms. The van der Waals surface area contributed by atoms with Crippen molar-refractivity contribution < 1.29 is 14.6 Å². The molecule has 2 saturated heterocycles. The molecule has 2 fully saturated rings. The van der Waals surface area contributed by atoms with Gasteiger partial charge in [0.15, 0.2) is 0 Å². The molecule has 2 heterocycles. The monoisotopic (exact) mass is 241 g/mol. The minimum Gasteiger partial charge on any atom is -0.481 e. The van der Waals surface area contributed by atoms with Crippen LogP contribution in [0.4, 0.5) is 0 Å². The first-order valence-electron chi connectivity index (χ1n) is 6.73. The van der Waals surface area contributed by atoms with Crippen molar-refractivity contribution in [2.24, 2.45) is 5.41 Å². The smallest absolute Gasteiger partial charge is 0.310 e. The first-order chi connectivity index (χ1) is 8.18. The average Bonchev–Trinajstić information content (AvgIpc) is 2.59. The van der Waals surface area contributed by atoms with E-state index < -0.39 is 11.4 Å². The Balaban J connectivity index is 1.98. The second-order valence-electron chi connectivity index (χ2n) is 5.36. The van der Waals surface area contributed by atoms with Crippen molar-refractivity contribution in [2.45, 2.75) is 45.1 Å². The van der Waals surface area contributed by atoms with E-state index in [0.717, 1.165) is 58.4 Å². The Morgan fingerprint density at radius 3 is 2.94 bits per heavy atom. The van der Waals surface area contributed by atoms with E-state index in [1.165, 1.54) is 0 Å². The van der Waals surface area contributed by atoms with E-state index in [1.54, 1.807) is 0 Å². The number of rotatable bonds is 3. The van der Waals surface area contributed by atoms with E-state index in [-0.39, 0.29) is 0 Å². The van der Waals surface area contributed by atoms with Crippen molar-refractivity contribution in [3.05, 3.63) is 0 Å². The van der Waals surface area contributed by atoms with Crippen LogP contribution in [0.25, 0.3) is 0 Å². The number of carboxylic acid groups (broad SMARTS) is 1. The van der Waals surface area contributed by atoms with Gasteiger partial charge in [0.25, 0.3) is 0 Å². The van der Waals surface area contributed by atoms with Crippen LogP contribution < -0.4 is 0 Å². The normalized spacial score (nSPS) is 35.7. The fourth-order valence-electron chi connectivity index (χ4n) is 3.08. The first kappa shape index (κ1) is 12.8. The van der Waals surface area contributed by atoms with Crippen LogP contribution in [0.3, 0.4) is 0 Å². The second kappa shape index (κ2) is 5.36. The van der Waals surface area contributed by atoms with Gasteiger partial charge in [-0.3, -0.25) is 9.69 Å². The molecule has 4 nitrogen and oxygen atoms in total. The van der Waals surface area contributed by atoms with Gasteiger partial charge in [0, 0.05) is 25.8 Å². The van der Waals surface area contributed by atoms with Gasteiger partial charge < -0.3 is 9.84 Å². The molecule has 4 heteroatoms. The number of carboxylic acids is 1. The lowest BCUT2D eigenvalue weighted by Gasteiger charge is -2.28. The number of nitrogens with zero attached hydrogens (tertiary/aromatic N) is 1.